The monoisotopic (exact) mass is 372 g/mol. The molecule has 0 spiro atoms. The molecule has 27 heavy (non-hydrogen) atoms. The van der Waals surface area contributed by atoms with E-state index in [0.29, 0.717) is 12.1 Å². The molecule has 1 heterocycles. The number of nitrogens with one attached hydrogen (secondary N) is 1. The number of carbonyl (C=O) groups is 2. The van der Waals surface area contributed by atoms with Gasteiger partial charge in [0.2, 0.25) is 0 Å². The second kappa shape index (κ2) is 8.98. The summed E-state index contributed by atoms with van der Waals surface area (Å²) in [6, 6.07) is 6.24. The summed E-state index contributed by atoms with van der Waals surface area (Å²) in [5.74, 6) is -0.943. The van der Waals surface area contributed by atoms with E-state index in [1.54, 1.807) is 13.0 Å². The molecule has 1 unspecified atom stereocenters. The maximum Gasteiger partial charge on any atom is 0.326 e. The number of ether oxygens (including phenoxy) is 1. The van der Waals surface area contributed by atoms with Crippen molar-refractivity contribution in [2.24, 2.45) is 0 Å². The number of aliphatic carboxylic acids is 1. The van der Waals surface area contributed by atoms with E-state index >= 15 is 0 Å². The zero-order chi connectivity index (χ0) is 20.0. The minimum absolute atomic E-state index is 0.0718. The number of allylic oxidation sites excluding steroid dienone is 1. The molecule has 1 aromatic carbocycles. The van der Waals surface area contributed by atoms with Gasteiger partial charge in [-0.3, -0.25) is 4.79 Å². The van der Waals surface area contributed by atoms with E-state index in [1.165, 1.54) is 4.68 Å². The highest BCUT2D eigenvalue weighted by atomic mass is 16.5. The third-order valence-electron chi connectivity index (χ3n) is 3.83. The van der Waals surface area contributed by atoms with Gasteiger partial charge in [-0.05, 0) is 57.9 Å². The Labute approximate surface area is 157 Å². The molecule has 0 aliphatic rings. The van der Waals surface area contributed by atoms with Gasteiger partial charge in [-0.15, -0.1) is 11.7 Å². The van der Waals surface area contributed by atoms with Crippen LogP contribution in [0.5, 0.6) is 5.75 Å². The molecule has 0 saturated carbocycles. The third-order valence-corrected chi connectivity index (χ3v) is 3.83. The first kappa shape index (κ1) is 20.2. The van der Waals surface area contributed by atoms with Crippen molar-refractivity contribution in [1.29, 1.82) is 0 Å². The SMILES string of the molecule is C=CCCC(NC(=O)c1nnn(-c2ccc(OC(C)C)cc2)c1C)C(=O)O. The molecule has 1 atom stereocenters. The molecule has 144 valence electrons. The lowest BCUT2D eigenvalue weighted by molar-refractivity contribution is -0.139. The number of hydrogen-bond acceptors (Lipinski definition) is 5. The Morgan fingerprint density at radius 3 is 2.56 bits per heavy atom. The molecular formula is C19H24N4O4. The van der Waals surface area contributed by atoms with Gasteiger partial charge in [-0.2, -0.15) is 0 Å². The van der Waals surface area contributed by atoms with Gasteiger partial charge < -0.3 is 15.2 Å². The Morgan fingerprint density at radius 1 is 1.33 bits per heavy atom. The van der Waals surface area contributed by atoms with E-state index in [9.17, 15) is 14.7 Å². The molecule has 0 aliphatic heterocycles. The average molecular weight is 372 g/mol. The van der Waals surface area contributed by atoms with Crippen LogP contribution in [0.1, 0.15) is 42.9 Å². The fourth-order valence-corrected chi connectivity index (χ4v) is 2.49. The minimum atomic E-state index is -1.10. The van der Waals surface area contributed by atoms with E-state index in [1.807, 2.05) is 38.1 Å². The Hall–Kier alpha value is -3.16. The minimum Gasteiger partial charge on any atom is -0.491 e. The van der Waals surface area contributed by atoms with Crippen LogP contribution in [0, 0.1) is 6.92 Å². The summed E-state index contributed by atoms with van der Waals surface area (Å²) >= 11 is 0. The molecule has 2 N–H and O–H groups in total. The second-order valence-electron chi connectivity index (χ2n) is 6.33. The summed E-state index contributed by atoms with van der Waals surface area (Å²) in [5.41, 5.74) is 1.32. The highest BCUT2D eigenvalue weighted by Crippen LogP contribution is 2.18. The summed E-state index contributed by atoms with van der Waals surface area (Å²) in [6.07, 6.45) is 2.42. The average Bonchev–Trinajstić information content (AvgIpc) is 3.00. The smallest absolute Gasteiger partial charge is 0.326 e. The maximum atomic E-state index is 12.4. The molecule has 0 fully saturated rings. The lowest BCUT2D eigenvalue weighted by atomic mass is 10.1. The van der Waals surface area contributed by atoms with Gasteiger partial charge in [0, 0.05) is 0 Å². The summed E-state index contributed by atoms with van der Waals surface area (Å²) in [4.78, 5) is 23.7. The van der Waals surface area contributed by atoms with Gasteiger partial charge >= 0.3 is 5.97 Å². The zero-order valence-corrected chi connectivity index (χ0v) is 15.7. The van der Waals surface area contributed by atoms with Crippen molar-refractivity contribution in [2.45, 2.75) is 45.8 Å². The number of benzene rings is 1. The summed E-state index contributed by atoms with van der Waals surface area (Å²) in [6.45, 7) is 9.15. The Bertz CT molecular complexity index is 812. The van der Waals surface area contributed by atoms with E-state index in [-0.39, 0.29) is 18.2 Å². The number of hydrogen-bond donors (Lipinski definition) is 2. The van der Waals surface area contributed by atoms with Crippen molar-refractivity contribution in [2.75, 3.05) is 0 Å². The van der Waals surface area contributed by atoms with Crippen LogP contribution in [0.25, 0.3) is 5.69 Å². The summed E-state index contributed by atoms with van der Waals surface area (Å²) < 4.78 is 7.13. The molecule has 1 amide bonds. The lowest BCUT2D eigenvalue weighted by Crippen LogP contribution is -2.41. The van der Waals surface area contributed by atoms with Crippen molar-refractivity contribution in [3.63, 3.8) is 0 Å². The Balaban J connectivity index is 2.17. The first-order chi connectivity index (χ1) is 12.8. The first-order valence-electron chi connectivity index (χ1n) is 8.67. The lowest BCUT2D eigenvalue weighted by Gasteiger charge is -2.13. The second-order valence-corrected chi connectivity index (χ2v) is 6.33. The number of carboxylic acid groups (broad SMARTS) is 1. The van der Waals surface area contributed by atoms with Crippen LogP contribution in [0.2, 0.25) is 0 Å². The first-order valence-corrected chi connectivity index (χ1v) is 8.67. The van der Waals surface area contributed by atoms with E-state index < -0.39 is 17.9 Å². The Morgan fingerprint density at radius 2 is 2.00 bits per heavy atom. The van der Waals surface area contributed by atoms with Gasteiger partial charge in [0.1, 0.15) is 11.8 Å². The molecule has 0 saturated heterocycles. The van der Waals surface area contributed by atoms with Crippen molar-refractivity contribution in [3.05, 3.63) is 48.3 Å². The van der Waals surface area contributed by atoms with Crippen LogP contribution in [-0.2, 0) is 4.79 Å². The largest absolute Gasteiger partial charge is 0.491 e. The van der Waals surface area contributed by atoms with Crippen molar-refractivity contribution >= 4 is 11.9 Å². The highest BCUT2D eigenvalue weighted by Gasteiger charge is 2.24. The standard InChI is InChI=1S/C19H24N4O4/c1-5-6-7-16(19(25)26)20-18(24)17-13(4)23(22-21-17)14-8-10-15(11-9-14)27-12(2)3/h5,8-12,16H,1,6-7H2,2-4H3,(H,20,24)(H,25,26). The van der Waals surface area contributed by atoms with Crippen LogP contribution in [0.3, 0.4) is 0 Å². The highest BCUT2D eigenvalue weighted by molar-refractivity contribution is 5.95. The van der Waals surface area contributed by atoms with Crippen LogP contribution in [0.4, 0.5) is 0 Å². The predicted molar refractivity (Wildman–Crippen MR) is 100 cm³/mol. The number of amides is 1. The van der Waals surface area contributed by atoms with Crippen LogP contribution in [-0.4, -0.2) is 44.1 Å². The fraction of sp³-hybridized carbons (Fsp3) is 0.368. The number of carbonyl (C=O) groups excluding carboxylic acids is 1. The predicted octanol–water partition coefficient (Wildman–Crippen LogP) is 2.51. The normalized spacial score (nSPS) is 11.9. The molecule has 1 aromatic heterocycles. The summed E-state index contributed by atoms with van der Waals surface area (Å²) in [5, 5.41) is 19.6. The third kappa shape index (κ3) is 5.16. The van der Waals surface area contributed by atoms with E-state index in [0.717, 1.165) is 11.4 Å². The maximum absolute atomic E-state index is 12.4. The van der Waals surface area contributed by atoms with Crippen LogP contribution in [0.15, 0.2) is 36.9 Å². The van der Waals surface area contributed by atoms with Crippen LogP contribution >= 0.6 is 0 Å². The van der Waals surface area contributed by atoms with Gasteiger partial charge in [-0.25, -0.2) is 9.48 Å². The fourth-order valence-electron chi connectivity index (χ4n) is 2.49. The molecule has 0 bridgehead atoms. The molecule has 0 radical (unpaired) electrons. The Kier molecular flexibility index (Phi) is 6.70. The molecular weight excluding hydrogens is 348 g/mol. The van der Waals surface area contributed by atoms with Crippen molar-refractivity contribution in [3.8, 4) is 11.4 Å². The number of aromatic nitrogens is 3. The molecule has 8 nitrogen and oxygen atoms in total. The molecule has 8 heteroatoms. The number of carboxylic acids is 1. The molecule has 2 aromatic rings. The van der Waals surface area contributed by atoms with E-state index in [4.69, 9.17) is 4.74 Å². The van der Waals surface area contributed by atoms with Gasteiger partial charge in [0.25, 0.3) is 5.91 Å². The zero-order valence-electron chi connectivity index (χ0n) is 15.7. The number of rotatable bonds is 9. The van der Waals surface area contributed by atoms with E-state index in [2.05, 4.69) is 22.2 Å². The van der Waals surface area contributed by atoms with Gasteiger partial charge in [-0.1, -0.05) is 11.3 Å². The molecule has 0 aliphatic carbocycles. The van der Waals surface area contributed by atoms with Crippen molar-refractivity contribution in [1.82, 2.24) is 20.3 Å². The molecule has 2 rings (SSSR count). The summed E-state index contributed by atoms with van der Waals surface area (Å²) in [7, 11) is 0. The van der Waals surface area contributed by atoms with Gasteiger partial charge in [0.05, 0.1) is 17.5 Å². The number of nitrogens with zero attached hydrogens (tertiary/aromatic N) is 3. The topological polar surface area (TPSA) is 106 Å². The quantitative estimate of drug-likeness (QED) is 0.655. The van der Waals surface area contributed by atoms with Gasteiger partial charge in [0.15, 0.2) is 5.69 Å². The van der Waals surface area contributed by atoms with Crippen molar-refractivity contribution < 1.29 is 19.4 Å². The van der Waals surface area contributed by atoms with Crippen LogP contribution < -0.4 is 10.1 Å².